The number of aliphatic hydroxyl groups is 1. The molecule has 1 aliphatic heterocycles. The fourth-order valence-electron chi connectivity index (χ4n) is 3.49. The highest BCUT2D eigenvalue weighted by molar-refractivity contribution is 6.16. The summed E-state index contributed by atoms with van der Waals surface area (Å²) < 4.78 is 40.3. The number of rotatable bonds is 3. The number of hydrogen-bond donors (Lipinski definition) is 2. The number of aromatic amines is 1. The van der Waals surface area contributed by atoms with Gasteiger partial charge in [0, 0.05) is 17.5 Å². The van der Waals surface area contributed by atoms with Gasteiger partial charge in [0.25, 0.3) is 5.56 Å². The lowest BCUT2D eigenvalue weighted by atomic mass is 9.96. The Kier molecular flexibility index (Phi) is 4.62. The molecule has 1 unspecified atom stereocenters. The molecule has 2 aromatic heterocycles. The van der Waals surface area contributed by atoms with E-state index in [1.807, 2.05) is 13.0 Å². The van der Waals surface area contributed by atoms with Gasteiger partial charge in [-0.25, -0.2) is 0 Å². The molecule has 9 heteroatoms. The monoisotopic (exact) mass is 402 g/mol. The molecule has 0 bridgehead atoms. The summed E-state index contributed by atoms with van der Waals surface area (Å²) in [5, 5.41) is 12.4. The molecular formula is C20H17F3N4O2. The van der Waals surface area contributed by atoms with Crippen LogP contribution in [0.2, 0.25) is 0 Å². The van der Waals surface area contributed by atoms with Gasteiger partial charge in [-0.3, -0.25) is 24.6 Å². The maximum absolute atomic E-state index is 12.9. The summed E-state index contributed by atoms with van der Waals surface area (Å²) in [7, 11) is 0. The summed E-state index contributed by atoms with van der Waals surface area (Å²) in [5.41, 5.74) is 1.63. The van der Waals surface area contributed by atoms with Gasteiger partial charge in [0.2, 0.25) is 0 Å². The Labute approximate surface area is 163 Å². The van der Waals surface area contributed by atoms with Gasteiger partial charge in [0.1, 0.15) is 0 Å². The van der Waals surface area contributed by atoms with Crippen molar-refractivity contribution in [3.8, 4) is 11.1 Å². The molecule has 0 radical (unpaired) electrons. The molecule has 150 valence electrons. The third-order valence-electron chi connectivity index (χ3n) is 4.95. The minimum Gasteiger partial charge on any atom is -0.394 e. The molecule has 0 saturated carbocycles. The first kappa shape index (κ1) is 19.1. The van der Waals surface area contributed by atoms with Gasteiger partial charge in [-0.1, -0.05) is 12.1 Å². The standard InChI is InChI=1S/C20H17F3N4O2/c1-11-15(3-2-8-24-11)17-18-16(12-4-6-13(7-5-12)20(21,22)23)19(29)26-27(18)14(10-28)9-25-17/h2-8,14,28H,9-10H2,1H3,(H,26,29). The number of aryl methyl sites for hydroxylation is 1. The van der Waals surface area contributed by atoms with Crippen molar-refractivity contribution >= 4 is 5.71 Å². The largest absolute Gasteiger partial charge is 0.416 e. The first-order valence-corrected chi connectivity index (χ1v) is 8.91. The summed E-state index contributed by atoms with van der Waals surface area (Å²) in [4.78, 5) is 21.6. The predicted molar refractivity (Wildman–Crippen MR) is 101 cm³/mol. The van der Waals surface area contributed by atoms with Crippen LogP contribution in [0.3, 0.4) is 0 Å². The zero-order chi connectivity index (χ0) is 20.8. The molecule has 0 aliphatic carbocycles. The van der Waals surface area contributed by atoms with Crippen molar-refractivity contribution in [1.82, 2.24) is 14.8 Å². The number of halogens is 3. The second kappa shape index (κ2) is 7.00. The van der Waals surface area contributed by atoms with E-state index in [9.17, 15) is 23.1 Å². The second-order valence-electron chi connectivity index (χ2n) is 6.77. The van der Waals surface area contributed by atoms with Crippen molar-refractivity contribution < 1.29 is 18.3 Å². The van der Waals surface area contributed by atoms with Crippen molar-refractivity contribution in [1.29, 1.82) is 0 Å². The molecule has 4 rings (SSSR count). The molecule has 1 aromatic carbocycles. The summed E-state index contributed by atoms with van der Waals surface area (Å²) in [5.74, 6) is 0. The lowest BCUT2D eigenvalue weighted by Crippen LogP contribution is -2.28. The number of H-pyrrole nitrogens is 1. The molecule has 1 atom stereocenters. The van der Waals surface area contributed by atoms with Crippen molar-refractivity contribution in [2.75, 3.05) is 13.2 Å². The minimum absolute atomic E-state index is 0.207. The molecule has 29 heavy (non-hydrogen) atoms. The highest BCUT2D eigenvalue weighted by atomic mass is 19.4. The predicted octanol–water partition coefficient (Wildman–Crippen LogP) is 2.95. The van der Waals surface area contributed by atoms with E-state index in [4.69, 9.17) is 0 Å². The fourth-order valence-corrected chi connectivity index (χ4v) is 3.49. The maximum atomic E-state index is 12.9. The highest BCUT2D eigenvalue weighted by Crippen LogP contribution is 2.33. The van der Waals surface area contributed by atoms with Crippen molar-refractivity contribution in [2.45, 2.75) is 19.1 Å². The molecule has 0 fully saturated rings. The zero-order valence-corrected chi connectivity index (χ0v) is 15.4. The summed E-state index contributed by atoms with van der Waals surface area (Å²) in [6, 6.07) is 7.51. The molecule has 0 amide bonds. The molecular weight excluding hydrogens is 385 g/mol. The lowest BCUT2D eigenvalue weighted by molar-refractivity contribution is -0.137. The van der Waals surface area contributed by atoms with E-state index in [-0.39, 0.29) is 18.7 Å². The van der Waals surface area contributed by atoms with Crippen LogP contribution in [0.15, 0.2) is 52.4 Å². The van der Waals surface area contributed by atoms with E-state index in [0.29, 0.717) is 28.2 Å². The first-order chi connectivity index (χ1) is 13.8. The molecule has 1 aliphatic rings. The summed E-state index contributed by atoms with van der Waals surface area (Å²) >= 11 is 0. The molecule has 3 aromatic rings. The average molecular weight is 402 g/mol. The van der Waals surface area contributed by atoms with Crippen molar-refractivity contribution in [3.63, 3.8) is 0 Å². The number of hydrogen-bond acceptors (Lipinski definition) is 4. The van der Waals surface area contributed by atoms with Crippen molar-refractivity contribution in [2.24, 2.45) is 4.99 Å². The van der Waals surface area contributed by atoms with E-state index in [1.165, 1.54) is 12.1 Å². The molecule has 0 spiro atoms. The third-order valence-corrected chi connectivity index (χ3v) is 4.95. The van der Waals surface area contributed by atoms with Crippen LogP contribution in [-0.4, -0.2) is 38.7 Å². The number of benzene rings is 1. The van der Waals surface area contributed by atoms with E-state index in [1.54, 1.807) is 16.9 Å². The smallest absolute Gasteiger partial charge is 0.394 e. The van der Waals surface area contributed by atoms with Crippen LogP contribution in [0.4, 0.5) is 13.2 Å². The molecule has 2 N–H and O–H groups in total. The van der Waals surface area contributed by atoms with Gasteiger partial charge in [0.15, 0.2) is 0 Å². The SMILES string of the molecule is Cc1ncccc1C1=NCC(CO)n2[nH]c(=O)c(-c3ccc(C(F)(F)F)cc3)c21. The number of aliphatic imine (C=N–C) groups is 1. The van der Waals surface area contributed by atoms with Crippen molar-refractivity contribution in [3.05, 3.63) is 75.5 Å². The molecule has 3 heterocycles. The van der Waals surface area contributed by atoms with Crippen LogP contribution in [0.1, 0.15) is 28.6 Å². The van der Waals surface area contributed by atoms with Gasteiger partial charge in [-0.2, -0.15) is 13.2 Å². The number of aliphatic hydroxyl groups excluding tert-OH is 1. The van der Waals surface area contributed by atoms with E-state index >= 15 is 0 Å². The second-order valence-corrected chi connectivity index (χ2v) is 6.77. The van der Waals surface area contributed by atoms with E-state index in [2.05, 4.69) is 15.1 Å². The van der Waals surface area contributed by atoms with Crippen LogP contribution in [-0.2, 0) is 6.18 Å². The quantitative estimate of drug-likeness (QED) is 0.707. The summed E-state index contributed by atoms with van der Waals surface area (Å²) in [6.07, 6.45) is -2.83. The number of nitrogens with one attached hydrogen (secondary N) is 1. The Morgan fingerprint density at radius 3 is 2.59 bits per heavy atom. The van der Waals surface area contributed by atoms with Gasteiger partial charge >= 0.3 is 6.18 Å². The van der Waals surface area contributed by atoms with Gasteiger partial charge in [-0.15, -0.1) is 0 Å². The van der Waals surface area contributed by atoms with E-state index in [0.717, 1.165) is 12.1 Å². The van der Waals surface area contributed by atoms with Crippen LogP contribution in [0.25, 0.3) is 11.1 Å². The van der Waals surface area contributed by atoms with Gasteiger partial charge in [-0.05, 0) is 36.8 Å². The van der Waals surface area contributed by atoms with Crippen LogP contribution in [0, 0.1) is 6.92 Å². The number of aromatic nitrogens is 3. The molecule has 0 saturated heterocycles. The normalized spacial score (nSPS) is 16.4. The average Bonchev–Trinajstić information content (AvgIpc) is 3.04. The Hall–Kier alpha value is -3.20. The molecule has 6 nitrogen and oxygen atoms in total. The van der Waals surface area contributed by atoms with Crippen LogP contribution in [0.5, 0.6) is 0 Å². The Balaban J connectivity index is 1.92. The van der Waals surface area contributed by atoms with Crippen LogP contribution < -0.4 is 5.56 Å². The Morgan fingerprint density at radius 1 is 1.24 bits per heavy atom. The highest BCUT2D eigenvalue weighted by Gasteiger charge is 2.32. The third kappa shape index (κ3) is 3.27. The van der Waals surface area contributed by atoms with Gasteiger partial charge in [0.05, 0.1) is 41.7 Å². The lowest BCUT2D eigenvalue weighted by Gasteiger charge is -2.24. The maximum Gasteiger partial charge on any atom is 0.416 e. The van der Waals surface area contributed by atoms with Crippen LogP contribution >= 0.6 is 0 Å². The van der Waals surface area contributed by atoms with Gasteiger partial charge < -0.3 is 5.11 Å². The topological polar surface area (TPSA) is 83.3 Å². The number of alkyl halides is 3. The Bertz CT molecular complexity index is 1140. The Morgan fingerprint density at radius 2 is 1.97 bits per heavy atom. The first-order valence-electron chi connectivity index (χ1n) is 8.91. The zero-order valence-electron chi connectivity index (χ0n) is 15.4. The number of pyridine rings is 1. The number of nitrogens with zero attached hydrogens (tertiary/aromatic N) is 3. The van der Waals surface area contributed by atoms with E-state index < -0.39 is 23.3 Å². The number of fused-ring (bicyclic) bond motifs is 1. The fraction of sp³-hybridized carbons (Fsp3) is 0.250. The summed E-state index contributed by atoms with van der Waals surface area (Å²) in [6.45, 7) is 1.82. The minimum atomic E-state index is -4.47.